The van der Waals surface area contributed by atoms with Crippen LogP contribution in [0.5, 0.6) is 0 Å². The van der Waals surface area contributed by atoms with Crippen LogP contribution in [0.3, 0.4) is 0 Å². The molecule has 1 aromatic rings. The fraction of sp³-hybridized carbons (Fsp3) is 0.529. The number of halogens is 1. The number of sulfonamides is 1. The zero-order valence-electron chi connectivity index (χ0n) is 14.3. The third-order valence-electron chi connectivity index (χ3n) is 4.48. The average Bonchev–Trinajstić information content (AvgIpc) is 2.93. The molecular weight excluding hydrogens is 365 g/mol. The topological polar surface area (TPSA) is 90.0 Å². The zero-order chi connectivity index (χ0) is 18.9. The Kier molecular flexibility index (Phi) is 5.29. The standard InChI is InChI=1S/C17H20FNO6S/c1-11-9-14(17(21)24-11)25-16(20)12-5-6-13(18)15(10-12)26(22,23)19-7-3-2-4-8-19/h5-6,10-11,14H,2-4,7-9H2,1H3/t11-,14-/m1/s1. The SMILES string of the molecule is C[C@@H]1C[C@@H](OC(=O)c2ccc(F)c(S(=O)(=O)N3CCCCC3)c2)C(=O)O1. The Bertz CT molecular complexity index is 819. The van der Waals surface area contributed by atoms with E-state index in [9.17, 15) is 22.4 Å². The molecule has 2 heterocycles. The Hall–Kier alpha value is -2.00. The van der Waals surface area contributed by atoms with Gasteiger partial charge in [-0.25, -0.2) is 22.4 Å². The van der Waals surface area contributed by atoms with Gasteiger partial charge in [0.05, 0.1) is 5.56 Å². The number of hydrogen-bond acceptors (Lipinski definition) is 6. The van der Waals surface area contributed by atoms with Gasteiger partial charge in [0, 0.05) is 19.5 Å². The van der Waals surface area contributed by atoms with Crippen LogP contribution in [0.25, 0.3) is 0 Å². The Balaban J connectivity index is 1.83. The number of benzene rings is 1. The predicted octanol–water partition coefficient (Wildman–Crippen LogP) is 1.86. The van der Waals surface area contributed by atoms with Crippen LogP contribution in [0.4, 0.5) is 4.39 Å². The molecule has 2 atom stereocenters. The molecule has 0 saturated carbocycles. The second kappa shape index (κ2) is 7.32. The molecule has 0 amide bonds. The van der Waals surface area contributed by atoms with Gasteiger partial charge < -0.3 is 9.47 Å². The molecule has 0 N–H and O–H groups in total. The van der Waals surface area contributed by atoms with Crippen molar-refractivity contribution in [3.63, 3.8) is 0 Å². The van der Waals surface area contributed by atoms with Crippen LogP contribution >= 0.6 is 0 Å². The summed E-state index contributed by atoms with van der Waals surface area (Å²) in [5.74, 6) is -2.47. The van der Waals surface area contributed by atoms with E-state index >= 15 is 0 Å². The number of nitrogens with zero attached hydrogens (tertiary/aromatic N) is 1. The zero-order valence-corrected chi connectivity index (χ0v) is 15.1. The monoisotopic (exact) mass is 385 g/mol. The molecule has 0 unspecified atom stereocenters. The highest BCUT2D eigenvalue weighted by Gasteiger charge is 2.36. The summed E-state index contributed by atoms with van der Waals surface area (Å²) in [4.78, 5) is 23.3. The van der Waals surface area contributed by atoms with Crippen LogP contribution in [-0.2, 0) is 24.3 Å². The van der Waals surface area contributed by atoms with Gasteiger partial charge >= 0.3 is 11.9 Å². The first-order chi connectivity index (χ1) is 12.3. The highest BCUT2D eigenvalue weighted by atomic mass is 32.2. The van der Waals surface area contributed by atoms with Crippen molar-refractivity contribution in [1.29, 1.82) is 0 Å². The Labute approximate surface area is 151 Å². The summed E-state index contributed by atoms with van der Waals surface area (Å²) >= 11 is 0. The number of carbonyl (C=O) groups is 2. The van der Waals surface area contributed by atoms with E-state index in [-0.39, 0.29) is 18.1 Å². The lowest BCUT2D eigenvalue weighted by Crippen LogP contribution is -2.36. The molecule has 0 spiro atoms. The maximum Gasteiger partial charge on any atom is 0.347 e. The number of rotatable bonds is 4. The predicted molar refractivity (Wildman–Crippen MR) is 88.4 cm³/mol. The van der Waals surface area contributed by atoms with Gasteiger partial charge in [-0.2, -0.15) is 4.31 Å². The van der Waals surface area contributed by atoms with E-state index in [1.165, 1.54) is 4.31 Å². The molecular formula is C17H20FNO6S. The highest BCUT2D eigenvalue weighted by molar-refractivity contribution is 7.89. The minimum atomic E-state index is -4.04. The number of ether oxygens (including phenoxy) is 2. The first-order valence-corrected chi connectivity index (χ1v) is 9.94. The Morgan fingerprint density at radius 2 is 1.96 bits per heavy atom. The van der Waals surface area contributed by atoms with Gasteiger partial charge in [-0.05, 0) is 38.0 Å². The smallest absolute Gasteiger partial charge is 0.347 e. The summed E-state index contributed by atoms with van der Waals surface area (Å²) in [7, 11) is -4.04. The summed E-state index contributed by atoms with van der Waals surface area (Å²) in [5.41, 5.74) is -0.130. The van der Waals surface area contributed by atoms with Crippen molar-refractivity contribution < 1.29 is 31.9 Å². The van der Waals surface area contributed by atoms with Crippen molar-refractivity contribution >= 4 is 22.0 Å². The number of piperidine rings is 1. The molecule has 2 fully saturated rings. The molecule has 142 valence electrons. The van der Waals surface area contributed by atoms with Gasteiger partial charge in [0.2, 0.25) is 16.1 Å². The molecule has 9 heteroatoms. The van der Waals surface area contributed by atoms with Crippen molar-refractivity contribution in [2.75, 3.05) is 13.1 Å². The van der Waals surface area contributed by atoms with Crippen molar-refractivity contribution in [3.8, 4) is 0 Å². The van der Waals surface area contributed by atoms with E-state index in [0.29, 0.717) is 25.9 Å². The molecule has 0 bridgehead atoms. The van der Waals surface area contributed by atoms with Gasteiger partial charge in [-0.3, -0.25) is 0 Å². The molecule has 7 nitrogen and oxygen atoms in total. The molecule has 0 aliphatic carbocycles. The largest absolute Gasteiger partial charge is 0.460 e. The van der Waals surface area contributed by atoms with E-state index in [0.717, 1.165) is 24.6 Å². The van der Waals surface area contributed by atoms with Gasteiger partial charge in [-0.1, -0.05) is 6.42 Å². The van der Waals surface area contributed by atoms with Gasteiger partial charge in [0.25, 0.3) is 0 Å². The summed E-state index contributed by atoms with van der Waals surface area (Å²) in [6.07, 6.45) is 1.18. The summed E-state index contributed by atoms with van der Waals surface area (Å²) in [6.45, 7) is 2.32. The van der Waals surface area contributed by atoms with Crippen molar-refractivity contribution in [1.82, 2.24) is 4.31 Å². The van der Waals surface area contributed by atoms with Crippen LogP contribution in [0.2, 0.25) is 0 Å². The number of cyclic esters (lactones) is 1. The van der Waals surface area contributed by atoms with E-state index in [1.807, 2.05) is 0 Å². The number of carbonyl (C=O) groups excluding carboxylic acids is 2. The van der Waals surface area contributed by atoms with Crippen molar-refractivity contribution in [2.45, 2.75) is 49.7 Å². The maximum atomic E-state index is 14.2. The van der Waals surface area contributed by atoms with Crippen LogP contribution < -0.4 is 0 Å². The number of esters is 2. The minimum Gasteiger partial charge on any atom is -0.460 e. The third-order valence-corrected chi connectivity index (χ3v) is 6.39. The van der Waals surface area contributed by atoms with E-state index in [4.69, 9.17) is 9.47 Å². The van der Waals surface area contributed by atoms with Crippen LogP contribution in [0, 0.1) is 5.82 Å². The van der Waals surface area contributed by atoms with Crippen LogP contribution in [0.15, 0.2) is 23.1 Å². The molecule has 1 aromatic carbocycles. The highest BCUT2D eigenvalue weighted by Crippen LogP contribution is 2.25. The fourth-order valence-electron chi connectivity index (χ4n) is 3.09. The van der Waals surface area contributed by atoms with Crippen LogP contribution in [-0.4, -0.2) is 50.0 Å². The van der Waals surface area contributed by atoms with E-state index < -0.39 is 38.8 Å². The lowest BCUT2D eigenvalue weighted by atomic mass is 10.2. The Morgan fingerprint density at radius 3 is 2.58 bits per heavy atom. The van der Waals surface area contributed by atoms with Crippen molar-refractivity contribution in [2.24, 2.45) is 0 Å². The molecule has 3 rings (SSSR count). The summed E-state index contributed by atoms with van der Waals surface area (Å²) in [6, 6.07) is 3.02. The molecule has 2 aliphatic rings. The lowest BCUT2D eigenvalue weighted by molar-refractivity contribution is -0.147. The summed E-state index contributed by atoms with van der Waals surface area (Å²) < 4.78 is 50.8. The average molecular weight is 385 g/mol. The molecule has 0 radical (unpaired) electrons. The third kappa shape index (κ3) is 3.73. The minimum absolute atomic E-state index is 0.130. The molecule has 0 aromatic heterocycles. The van der Waals surface area contributed by atoms with Gasteiger partial charge in [0.15, 0.2) is 0 Å². The summed E-state index contributed by atoms with van der Waals surface area (Å²) in [5, 5.41) is 0. The second-order valence-corrected chi connectivity index (χ2v) is 8.39. The first-order valence-electron chi connectivity index (χ1n) is 8.50. The van der Waals surface area contributed by atoms with Gasteiger partial charge in [-0.15, -0.1) is 0 Å². The van der Waals surface area contributed by atoms with Crippen LogP contribution in [0.1, 0.15) is 43.0 Å². The van der Waals surface area contributed by atoms with Crippen molar-refractivity contribution in [3.05, 3.63) is 29.6 Å². The lowest BCUT2D eigenvalue weighted by Gasteiger charge is -2.26. The van der Waals surface area contributed by atoms with Gasteiger partial charge in [0.1, 0.15) is 16.8 Å². The Morgan fingerprint density at radius 1 is 1.27 bits per heavy atom. The first kappa shape index (κ1) is 18.8. The second-order valence-electron chi connectivity index (χ2n) is 6.49. The maximum absolute atomic E-state index is 14.2. The molecule has 2 saturated heterocycles. The molecule has 2 aliphatic heterocycles. The van der Waals surface area contributed by atoms with E-state index in [1.54, 1.807) is 6.92 Å². The number of hydrogen-bond donors (Lipinski definition) is 0. The van der Waals surface area contributed by atoms with E-state index in [2.05, 4.69) is 0 Å². The molecule has 26 heavy (non-hydrogen) atoms. The normalized spacial score (nSPS) is 24.3. The quantitative estimate of drug-likeness (QED) is 0.735. The fourth-order valence-corrected chi connectivity index (χ4v) is 4.69.